The maximum Gasteiger partial charge on any atom is 0.335 e. The molecular formula is C33H28O2. The molecule has 0 saturated carbocycles. The van der Waals surface area contributed by atoms with Gasteiger partial charge in [0.2, 0.25) is 0 Å². The maximum absolute atomic E-state index is 11.1. The number of carboxylic acids is 1. The third-order valence-corrected chi connectivity index (χ3v) is 6.81. The lowest BCUT2D eigenvalue weighted by atomic mass is 9.72. The molecule has 0 amide bonds. The Kier molecular flexibility index (Phi) is 5.96. The van der Waals surface area contributed by atoms with E-state index >= 15 is 0 Å². The Bertz CT molecular complexity index is 1420. The van der Waals surface area contributed by atoms with Crippen LogP contribution in [0.1, 0.15) is 58.4 Å². The van der Waals surface area contributed by atoms with Crippen LogP contribution in [0.25, 0.3) is 28.9 Å². The number of hydrogen-bond acceptors (Lipinski definition) is 1. The molecule has 5 rings (SSSR count). The fourth-order valence-electron chi connectivity index (χ4n) is 4.73. The second kappa shape index (κ2) is 9.23. The molecule has 0 radical (unpaired) electrons. The second-order valence-corrected chi connectivity index (χ2v) is 9.71. The van der Waals surface area contributed by atoms with Gasteiger partial charge in [0.25, 0.3) is 0 Å². The summed E-state index contributed by atoms with van der Waals surface area (Å²) in [5.41, 5.74) is 10.1. The highest BCUT2D eigenvalue weighted by molar-refractivity contribution is 5.88. The van der Waals surface area contributed by atoms with E-state index in [0.717, 1.165) is 17.5 Å². The average molecular weight is 457 g/mol. The first-order chi connectivity index (χ1) is 16.9. The van der Waals surface area contributed by atoms with Crippen LogP contribution in [0.15, 0.2) is 103 Å². The highest BCUT2D eigenvalue weighted by Gasteiger charge is 2.28. The molecule has 1 aliphatic rings. The van der Waals surface area contributed by atoms with E-state index in [0.29, 0.717) is 5.56 Å². The third-order valence-electron chi connectivity index (χ3n) is 6.81. The summed E-state index contributed by atoms with van der Waals surface area (Å²) in [5, 5.41) is 9.11. The number of rotatable bonds is 5. The summed E-state index contributed by atoms with van der Waals surface area (Å²) in [4.78, 5) is 11.1. The molecule has 0 bridgehead atoms. The number of carboxylic acid groups (broad SMARTS) is 1. The van der Waals surface area contributed by atoms with Crippen molar-refractivity contribution in [1.29, 1.82) is 0 Å². The summed E-state index contributed by atoms with van der Waals surface area (Å²) in [6.45, 7) is 4.61. The van der Waals surface area contributed by atoms with Crippen LogP contribution in [0.3, 0.4) is 0 Å². The topological polar surface area (TPSA) is 37.3 Å². The van der Waals surface area contributed by atoms with Crippen LogP contribution in [0.5, 0.6) is 0 Å². The van der Waals surface area contributed by atoms with E-state index in [9.17, 15) is 4.79 Å². The highest BCUT2D eigenvalue weighted by Crippen LogP contribution is 2.42. The van der Waals surface area contributed by atoms with Gasteiger partial charge in [-0.05, 0) is 74.6 Å². The van der Waals surface area contributed by atoms with Gasteiger partial charge < -0.3 is 5.11 Å². The molecule has 0 atom stereocenters. The maximum atomic E-state index is 11.1. The van der Waals surface area contributed by atoms with Crippen LogP contribution < -0.4 is 0 Å². The minimum Gasteiger partial charge on any atom is -0.478 e. The Balaban J connectivity index is 1.47. The lowest BCUT2D eigenvalue weighted by molar-refractivity contribution is 0.0697. The molecule has 4 aromatic carbocycles. The molecule has 0 unspecified atom stereocenters. The number of benzene rings is 4. The van der Waals surface area contributed by atoms with Crippen molar-refractivity contribution < 1.29 is 9.90 Å². The van der Waals surface area contributed by atoms with Gasteiger partial charge in [-0.2, -0.15) is 0 Å². The van der Waals surface area contributed by atoms with Crippen molar-refractivity contribution in [3.8, 4) is 11.1 Å². The molecule has 2 nitrogen and oxygen atoms in total. The van der Waals surface area contributed by atoms with E-state index in [2.05, 4.69) is 92.7 Å². The fraction of sp³-hybridized carbons (Fsp3) is 0.121. The second-order valence-electron chi connectivity index (χ2n) is 9.71. The molecule has 0 saturated heterocycles. The van der Waals surface area contributed by atoms with E-state index in [1.54, 1.807) is 12.1 Å². The summed E-state index contributed by atoms with van der Waals surface area (Å²) in [6, 6.07) is 33.0. The monoisotopic (exact) mass is 456 g/mol. The zero-order valence-corrected chi connectivity index (χ0v) is 20.0. The van der Waals surface area contributed by atoms with Crippen LogP contribution in [0.2, 0.25) is 0 Å². The van der Waals surface area contributed by atoms with Crippen LogP contribution >= 0.6 is 0 Å². The minimum absolute atomic E-state index is 0.0811. The zero-order chi connectivity index (χ0) is 24.4. The number of aromatic carboxylic acids is 1. The van der Waals surface area contributed by atoms with Gasteiger partial charge in [0.05, 0.1) is 5.56 Å². The van der Waals surface area contributed by atoms with Crippen molar-refractivity contribution in [2.45, 2.75) is 25.7 Å². The zero-order valence-electron chi connectivity index (χ0n) is 20.0. The Morgan fingerprint density at radius 1 is 0.743 bits per heavy atom. The Hall–Kier alpha value is -4.17. The van der Waals surface area contributed by atoms with Crippen molar-refractivity contribution in [3.05, 3.63) is 137 Å². The van der Waals surface area contributed by atoms with Crippen molar-refractivity contribution in [1.82, 2.24) is 0 Å². The largest absolute Gasteiger partial charge is 0.478 e. The SMILES string of the molecule is CC1(C)CC=C(c2ccc(-c3ccccc3)cc2)c2cc(C=Cc3ccc(C(=O)O)cc3)ccc21. The summed E-state index contributed by atoms with van der Waals surface area (Å²) in [7, 11) is 0. The van der Waals surface area contributed by atoms with Gasteiger partial charge >= 0.3 is 5.97 Å². The first kappa shape index (κ1) is 22.6. The molecule has 1 N–H and O–H groups in total. The van der Waals surface area contributed by atoms with E-state index in [-0.39, 0.29) is 5.41 Å². The molecular weight excluding hydrogens is 428 g/mol. The van der Waals surface area contributed by atoms with Crippen LogP contribution in [0.4, 0.5) is 0 Å². The van der Waals surface area contributed by atoms with E-state index in [1.807, 2.05) is 24.3 Å². The lowest BCUT2D eigenvalue weighted by Gasteiger charge is -2.32. The smallest absolute Gasteiger partial charge is 0.335 e. The van der Waals surface area contributed by atoms with Gasteiger partial charge in [0, 0.05) is 0 Å². The first-order valence-electron chi connectivity index (χ1n) is 11.9. The average Bonchev–Trinajstić information content (AvgIpc) is 2.88. The summed E-state index contributed by atoms with van der Waals surface area (Å²) in [6.07, 6.45) is 7.49. The molecule has 0 heterocycles. The fourth-order valence-corrected chi connectivity index (χ4v) is 4.73. The molecule has 1 aliphatic carbocycles. The highest BCUT2D eigenvalue weighted by atomic mass is 16.4. The Labute approximate surface area is 206 Å². The van der Waals surface area contributed by atoms with E-state index in [1.165, 1.54) is 33.4 Å². The van der Waals surface area contributed by atoms with Crippen LogP contribution in [-0.2, 0) is 5.41 Å². The molecule has 0 fully saturated rings. The molecule has 0 aliphatic heterocycles. The van der Waals surface area contributed by atoms with Gasteiger partial charge in [-0.1, -0.05) is 111 Å². The van der Waals surface area contributed by atoms with Gasteiger partial charge in [0.15, 0.2) is 0 Å². The molecule has 35 heavy (non-hydrogen) atoms. The Morgan fingerprint density at radius 3 is 2.03 bits per heavy atom. The molecule has 0 spiro atoms. The standard InChI is InChI=1S/C33H28O2/c1-33(2)21-20-29(27-17-15-26(16-18-27)25-6-4-3-5-7-25)30-22-24(12-19-31(30)33)9-8-23-10-13-28(14-11-23)32(34)35/h3-20,22H,21H2,1-2H3,(H,34,35). The number of fused-ring (bicyclic) bond motifs is 1. The predicted octanol–water partition coefficient (Wildman–Crippen LogP) is 8.34. The minimum atomic E-state index is -0.908. The van der Waals surface area contributed by atoms with Crippen LogP contribution in [-0.4, -0.2) is 11.1 Å². The summed E-state index contributed by atoms with van der Waals surface area (Å²) >= 11 is 0. The van der Waals surface area contributed by atoms with Crippen LogP contribution in [0, 0.1) is 0 Å². The third kappa shape index (κ3) is 4.74. The van der Waals surface area contributed by atoms with Crippen molar-refractivity contribution in [2.75, 3.05) is 0 Å². The number of carbonyl (C=O) groups is 1. The van der Waals surface area contributed by atoms with Crippen molar-refractivity contribution >= 4 is 23.7 Å². The van der Waals surface area contributed by atoms with Crippen molar-refractivity contribution in [2.24, 2.45) is 0 Å². The molecule has 0 aromatic heterocycles. The normalized spacial score (nSPS) is 14.4. The molecule has 2 heteroatoms. The quantitative estimate of drug-likeness (QED) is 0.306. The number of hydrogen-bond donors (Lipinski definition) is 1. The van der Waals surface area contributed by atoms with Gasteiger partial charge in [-0.25, -0.2) is 4.79 Å². The van der Waals surface area contributed by atoms with E-state index in [4.69, 9.17) is 5.11 Å². The molecule has 172 valence electrons. The van der Waals surface area contributed by atoms with E-state index < -0.39 is 5.97 Å². The van der Waals surface area contributed by atoms with Gasteiger partial charge in [0.1, 0.15) is 0 Å². The summed E-state index contributed by atoms with van der Waals surface area (Å²) < 4.78 is 0. The molecule has 4 aromatic rings. The summed E-state index contributed by atoms with van der Waals surface area (Å²) in [5.74, 6) is -0.908. The number of allylic oxidation sites excluding steroid dienone is 1. The van der Waals surface area contributed by atoms with Crippen molar-refractivity contribution in [3.63, 3.8) is 0 Å². The lowest BCUT2D eigenvalue weighted by Crippen LogP contribution is -2.21. The van der Waals surface area contributed by atoms with Gasteiger partial charge in [-0.15, -0.1) is 0 Å². The Morgan fingerprint density at radius 2 is 1.34 bits per heavy atom. The predicted molar refractivity (Wildman–Crippen MR) is 145 cm³/mol. The van der Waals surface area contributed by atoms with Gasteiger partial charge in [-0.3, -0.25) is 0 Å². The first-order valence-corrected chi connectivity index (χ1v) is 11.9.